The molecule has 2 N–H and O–H groups in total. The lowest BCUT2D eigenvalue weighted by molar-refractivity contribution is -0.121. The first-order valence-electron chi connectivity index (χ1n) is 15.6. The lowest BCUT2D eigenvalue weighted by Gasteiger charge is -2.36. The van der Waals surface area contributed by atoms with Crippen LogP contribution in [0.1, 0.15) is 82.1 Å². The number of allylic oxidation sites excluding steroid dienone is 1. The summed E-state index contributed by atoms with van der Waals surface area (Å²) in [7, 11) is 0. The molecule has 2 aromatic carbocycles. The maximum atomic E-state index is 14.2. The van der Waals surface area contributed by atoms with Gasteiger partial charge in [-0.05, 0) is 75.1 Å². The van der Waals surface area contributed by atoms with Gasteiger partial charge < -0.3 is 24.9 Å². The van der Waals surface area contributed by atoms with E-state index in [9.17, 15) is 9.59 Å². The number of ketones is 1. The molecule has 2 heterocycles. The summed E-state index contributed by atoms with van der Waals surface area (Å²) in [6.45, 7) is 6.33. The maximum absolute atomic E-state index is 14.2. The van der Waals surface area contributed by atoms with E-state index in [1.54, 1.807) is 6.26 Å². The van der Waals surface area contributed by atoms with Crippen molar-refractivity contribution in [1.82, 2.24) is 5.32 Å². The molecule has 1 aromatic heterocycles. The number of fused-ring (bicyclic) bond motifs is 1. The summed E-state index contributed by atoms with van der Waals surface area (Å²) in [5.74, 6) is 0.895. The van der Waals surface area contributed by atoms with E-state index in [0.29, 0.717) is 12.8 Å². The molecule has 2 unspecified atom stereocenters. The number of carbonyl (C=O) groups excluding carboxylic acids is 2. The third kappa shape index (κ3) is 5.69. The molecule has 1 amide bonds. The monoisotopic (exact) mass is 566 g/mol. The van der Waals surface area contributed by atoms with Gasteiger partial charge in [-0.1, -0.05) is 43.5 Å². The highest BCUT2D eigenvalue weighted by atomic mass is 16.3. The van der Waals surface area contributed by atoms with Crippen LogP contribution in [0, 0.1) is 0 Å². The van der Waals surface area contributed by atoms with E-state index >= 15 is 0 Å². The number of amides is 1. The molecule has 42 heavy (non-hydrogen) atoms. The SMILES string of the molecule is CCN(CC)c1ccc(C2C3=C(CC(c4ccco4)CC3=O)Nc3ccccc3N2CC(=O)NC2CCCCC2)cc1. The number of nitrogens with zero attached hydrogens (tertiary/aromatic N) is 2. The molecule has 1 fully saturated rings. The Morgan fingerprint density at radius 1 is 0.976 bits per heavy atom. The first-order valence-corrected chi connectivity index (χ1v) is 15.6. The lowest BCUT2D eigenvalue weighted by atomic mass is 9.80. The quantitative estimate of drug-likeness (QED) is 0.307. The summed E-state index contributed by atoms with van der Waals surface area (Å²) < 4.78 is 5.75. The first-order chi connectivity index (χ1) is 20.6. The van der Waals surface area contributed by atoms with E-state index in [1.165, 1.54) is 6.42 Å². The Hall–Kier alpha value is -4.00. The van der Waals surface area contributed by atoms with Crippen LogP contribution in [0.4, 0.5) is 17.1 Å². The van der Waals surface area contributed by atoms with E-state index in [1.807, 2.05) is 30.3 Å². The molecule has 0 bridgehead atoms. The molecule has 0 saturated heterocycles. The number of para-hydroxylation sites is 2. The van der Waals surface area contributed by atoms with Crippen LogP contribution in [0.5, 0.6) is 0 Å². The number of Topliss-reactive ketones (excluding diaryl/α,β-unsaturated/α-hetero) is 1. The number of hydrogen-bond donors (Lipinski definition) is 2. The van der Waals surface area contributed by atoms with Crippen LogP contribution in [0.25, 0.3) is 0 Å². The summed E-state index contributed by atoms with van der Waals surface area (Å²) in [6, 6.07) is 20.3. The Labute approximate surface area is 249 Å². The van der Waals surface area contributed by atoms with Gasteiger partial charge >= 0.3 is 0 Å². The van der Waals surface area contributed by atoms with Gasteiger partial charge in [0.1, 0.15) is 5.76 Å². The standard InChI is InChI=1S/C35H42N4O3/c1-3-38(4-2)27-18-16-24(17-19-27)35-34-29(21-25(22-31(34)40)32-15-10-20-42-32)37-28-13-8-9-14-30(28)39(35)23-33(41)36-26-11-6-5-7-12-26/h8-10,13-20,25-26,35,37H,3-7,11-12,21-23H2,1-2H3,(H,36,41). The Balaban J connectivity index is 1.43. The maximum Gasteiger partial charge on any atom is 0.239 e. The Morgan fingerprint density at radius 3 is 2.45 bits per heavy atom. The van der Waals surface area contributed by atoms with Gasteiger partial charge in [-0.3, -0.25) is 9.59 Å². The zero-order chi connectivity index (χ0) is 29.1. The van der Waals surface area contributed by atoms with Crippen molar-refractivity contribution < 1.29 is 14.0 Å². The van der Waals surface area contributed by atoms with E-state index in [4.69, 9.17) is 4.42 Å². The van der Waals surface area contributed by atoms with Crippen LogP contribution in [0.15, 0.2) is 82.6 Å². The molecule has 2 atom stereocenters. The molecule has 3 aliphatic rings. The number of hydrogen-bond acceptors (Lipinski definition) is 6. The van der Waals surface area contributed by atoms with Crippen LogP contribution in [-0.2, 0) is 9.59 Å². The topological polar surface area (TPSA) is 77.8 Å². The number of anilines is 3. The van der Waals surface area contributed by atoms with Crippen LogP contribution >= 0.6 is 0 Å². The van der Waals surface area contributed by atoms with E-state index in [0.717, 1.165) is 78.4 Å². The fraction of sp³-hybridized carbons (Fsp3) is 0.429. The van der Waals surface area contributed by atoms with Crippen molar-refractivity contribution in [3.63, 3.8) is 0 Å². The van der Waals surface area contributed by atoms with Crippen LogP contribution in [0.2, 0.25) is 0 Å². The molecule has 7 heteroatoms. The minimum Gasteiger partial charge on any atom is -0.469 e. The van der Waals surface area contributed by atoms with Crippen LogP contribution in [-0.4, -0.2) is 37.4 Å². The summed E-state index contributed by atoms with van der Waals surface area (Å²) >= 11 is 0. The zero-order valence-corrected chi connectivity index (χ0v) is 24.8. The molecule has 3 aromatic rings. The minimum absolute atomic E-state index is 0.00207. The summed E-state index contributed by atoms with van der Waals surface area (Å²) in [5, 5.41) is 6.97. The number of nitrogens with one attached hydrogen (secondary N) is 2. The van der Waals surface area contributed by atoms with Gasteiger partial charge in [0.2, 0.25) is 5.91 Å². The molecule has 220 valence electrons. The van der Waals surface area contributed by atoms with E-state index < -0.39 is 6.04 Å². The predicted molar refractivity (Wildman–Crippen MR) is 168 cm³/mol. The summed E-state index contributed by atoms with van der Waals surface area (Å²) in [5.41, 5.74) is 5.64. The van der Waals surface area contributed by atoms with Crippen molar-refractivity contribution in [2.75, 3.05) is 34.8 Å². The second-order valence-corrected chi connectivity index (χ2v) is 11.8. The molecule has 0 spiro atoms. The van der Waals surface area contributed by atoms with Crippen molar-refractivity contribution in [3.8, 4) is 0 Å². The van der Waals surface area contributed by atoms with E-state index in [-0.39, 0.29) is 30.2 Å². The number of rotatable bonds is 8. The second kappa shape index (κ2) is 12.5. The van der Waals surface area contributed by atoms with E-state index in [2.05, 4.69) is 64.6 Å². The highest BCUT2D eigenvalue weighted by Gasteiger charge is 2.40. The molecule has 1 aliphatic heterocycles. The summed E-state index contributed by atoms with van der Waals surface area (Å²) in [6.07, 6.45) is 8.33. The molecular formula is C35H42N4O3. The predicted octanol–water partition coefficient (Wildman–Crippen LogP) is 6.95. The largest absolute Gasteiger partial charge is 0.469 e. The Bertz CT molecular complexity index is 1420. The van der Waals surface area contributed by atoms with Crippen molar-refractivity contribution in [1.29, 1.82) is 0 Å². The Kier molecular flexibility index (Phi) is 8.36. The van der Waals surface area contributed by atoms with Gasteiger partial charge in [0.25, 0.3) is 0 Å². The first kappa shape index (κ1) is 28.1. The average Bonchev–Trinajstić information content (AvgIpc) is 3.51. The minimum atomic E-state index is -0.399. The molecule has 1 saturated carbocycles. The van der Waals surface area contributed by atoms with Crippen molar-refractivity contribution in [2.45, 2.75) is 76.8 Å². The van der Waals surface area contributed by atoms with Crippen molar-refractivity contribution >= 4 is 28.8 Å². The molecule has 6 rings (SSSR count). The number of furan rings is 1. The normalized spacial score (nSPS) is 20.8. The van der Waals surface area contributed by atoms with Gasteiger partial charge in [-0.15, -0.1) is 0 Å². The van der Waals surface area contributed by atoms with Crippen molar-refractivity contribution in [2.24, 2.45) is 0 Å². The third-order valence-electron chi connectivity index (χ3n) is 9.16. The zero-order valence-electron chi connectivity index (χ0n) is 24.8. The second-order valence-electron chi connectivity index (χ2n) is 11.8. The average molecular weight is 567 g/mol. The smallest absolute Gasteiger partial charge is 0.239 e. The van der Waals surface area contributed by atoms with Crippen LogP contribution < -0.4 is 20.4 Å². The molecule has 7 nitrogen and oxygen atoms in total. The van der Waals surface area contributed by atoms with Gasteiger partial charge in [0, 0.05) is 48.4 Å². The number of carbonyl (C=O) groups is 2. The molecular weight excluding hydrogens is 524 g/mol. The van der Waals surface area contributed by atoms with Crippen molar-refractivity contribution in [3.05, 3.63) is 89.5 Å². The highest BCUT2D eigenvalue weighted by molar-refractivity contribution is 6.02. The molecule has 0 radical (unpaired) electrons. The number of benzene rings is 2. The summed E-state index contributed by atoms with van der Waals surface area (Å²) in [4.78, 5) is 32.3. The van der Waals surface area contributed by atoms with Gasteiger partial charge in [-0.25, -0.2) is 0 Å². The van der Waals surface area contributed by atoms with Gasteiger partial charge in [0.15, 0.2) is 5.78 Å². The fourth-order valence-electron chi connectivity index (χ4n) is 7.03. The highest BCUT2D eigenvalue weighted by Crippen LogP contribution is 2.47. The Morgan fingerprint density at radius 2 is 1.74 bits per heavy atom. The van der Waals surface area contributed by atoms with Gasteiger partial charge in [0.05, 0.1) is 30.2 Å². The third-order valence-corrected chi connectivity index (χ3v) is 9.16. The fourth-order valence-corrected chi connectivity index (χ4v) is 7.03. The van der Waals surface area contributed by atoms with Crippen LogP contribution in [0.3, 0.4) is 0 Å². The molecule has 2 aliphatic carbocycles. The lowest BCUT2D eigenvalue weighted by Crippen LogP contribution is -2.45. The van der Waals surface area contributed by atoms with Gasteiger partial charge in [-0.2, -0.15) is 0 Å².